The number of ketones is 1. The number of benzene rings is 10. The molecule has 0 spiro atoms. The van der Waals surface area contributed by atoms with Gasteiger partial charge in [0.15, 0.2) is 30.0 Å². The number of hydrogen-bond acceptors (Lipinski definition) is 32. The number of carbonyl (C=O) groups excluding carboxylic acids is 4. The molecule has 1 aliphatic rings. The molecule has 16 rings (SSSR count). The maximum atomic E-state index is 12.7. The van der Waals surface area contributed by atoms with E-state index in [0.717, 1.165) is 38.5 Å². The lowest BCUT2D eigenvalue weighted by atomic mass is 10.1. The molecule has 38 nitrogen and oxygen atoms in total. The minimum atomic E-state index is -3.22. The number of nitrogens with two attached hydrogens (primary N) is 1. The van der Waals surface area contributed by atoms with Gasteiger partial charge in [0.25, 0.3) is 34.0 Å². The predicted octanol–water partition coefficient (Wildman–Crippen LogP) is 20.7. The average Bonchev–Trinajstić information content (AvgIpc) is 1.58. The van der Waals surface area contributed by atoms with Crippen molar-refractivity contribution in [1.82, 2.24) is 4.57 Å². The predicted molar refractivity (Wildman–Crippen MR) is 484 cm³/mol. The number of aliphatic hydroxyl groups excluding tert-OH is 2. The number of hydrogen-bond donors (Lipinski definition) is 6. The molecule has 0 unspecified atom stereocenters. The number of nitrogens with zero attached hydrogens (tertiary/aromatic N) is 9. The SMILES string of the molecule is CCOC(=O)/C(C#N)=C\c1oc2ccccc2c1Nc1ccc([N+](=O)[O-])cc1.CCOC(=O)CC#N.N#Cc1cc2oc3ccccc3c2n(-c2ccc([N+](=O)[O-])cc2)c1=O.Nc1ccc([N+](=O)[O-])cc1.O=C1COc2ccccc21.O=Cc1oc2ccccc2c1Nc1ccc([N+](=O)[O-])cc1.O=P(Cl)(Cl)Cl.O=[N+]([O-])c1ccc(Nc2coc3ccccc23)cc1.OCCO. The maximum Gasteiger partial charge on any atom is 0.349 e. The zero-order valence-corrected chi connectivity index (χ0v) is 70.8. The van der Waals surface area contributed by atoms with E-state index in [2.05, 4.69) is 54.4 Å². The molecule has 5 aromatic heterocycles. The summed E-state index contributed by atoms with van der Waals surface area (Å²) in [6, 6.07) is 72.8. The smallest absolute Gasteiger partial charge is 0.349 e. The number of ether oxygens (including phenoxy) is 3. The second-order valence-corrected chi connectivity index (χ2v) is 32.2. The first-order chi connectivity index (χ1) is 62.3. The maximum absolute atomic E-state index is 12.7. The minimum absolute atomic E-state index is 0.00760. The number of aromatic nitrogens is 1. The third kappa shape index (κ3) is 28.3. The number of fused-ring (bicyclic) bond motifs is 7. The number of nitro groups is 5. The number of nitrogens with one attached hydrogen (secondary N) is 3. The largest absolute Gasteiger partial charge is 0.485 e. The number of nitriles is 3. The lowest BCUT2D eigenvalue weighted by molar-refractivity contribution is -0.385. The number of non-ortho nitro benzene ring substituents is 5. The topological polar surface area (TPSA) is 577 Å². The van der Waals surface area contributed by atoms with E-state index in [1.165, 1.54) is 102 Å². The van der Waals surface area contributed by atoms with Crippen molar-refractivity contribution in [2.45, 2.75) is 20.3 Å². The second-order valence-electron chi connectivity index (χ2n) is 25.6. The van der Waals surface area contributed by atoms with Crippen molar-refractivity contribution in [3.05, 3.63) is 344 Å². The molecule has 7 N–H and O–H groups in total. The molecule has 0 fully saturated rings. The van der Waals surface area contributed by atoms with Gasteiger partial charge in [-0.05, 0) is 169 Å². The first-order valence-electron chi connectivity index (χ1n) is 37.5. The molecule has 1 aliphatic heterocycles. The fourth-order valence-corrected chi connectivity index (χ4v) is 11.3. The number of nitro benzene ring substituents is 5. The van der Waals surface area contributed by atoms with Gasteiger partial charge in [0.2, 0.25) is 5.78 Å². The number of Topliss-reactive ketones (excluding diaryl/α,β-unsaturated/α-hetero) is 1. The molecule has 10 aromatic carbocycles. The van der Waals surface area contributed by atoms with Gasteiger partial charge in [-0.15, -0.1) is 0 Å². The van der Waals surface area contributed by atoms with Crippen LogP contribution in [-0.2, 0) is 23.6 Å². The molecule has 15 aromatic rings. The molecule has 130 heavy (non-hydrogen) atoms. The molecule has 662 valence electrons. The third-order valence-electron chi connectivity index (χ3n) is 17.0. The summed E-state index contributed by atoms with van der Waals surface area (Å²) in [7, 11) is 0. The highest BCUT2D eigenvalue weighted by Crippen LogP contribution is 2.61. The number of rotatable bonds is 19. The van der Waals surface area contributed by atoms with Crippen LogP contribution < -0.4 is 32.0 Å². The van der Waals surface area contributed by atoms with E-state index < -0.39 is 47.3 Å². The summed E-state index contributed by atoms with van der Waals surface area (Å²) in [6.07, 6.45) is 3.43. The van der Waals surface area contributed by atoms with Crippen LogP contribution in [0, 0.1) is 84.6 Å². The molecule has 6 heterocycles. The number of nitrogen functional groups attached to an aromatic ring is 1. The second kappa shape index (κ2) is 48.4. The summed E-state index contributed by atoms with van der Waals surface area (Å²) in [5.41, 5.74) is 13.6. The van der Waals surface area contributed by atoms with Crippen molar-refractivity contribution in [1.29, 1.82) is 15.8 Å². The standard InChI is InChI=1S/C20H15N3O5.C18H9N3O4.C15H10N2O4.C14H10N2O3.C8H6O2.C6H6N2O2.C5H7NO2.C2H6O2.Cl3OP/c1-2-27-20(24)13(12-21)11-18-19(16-5-3-4-6-17(16)28-18)22-14-7-9-15(10-8-14)23(25)26;19-10-11-9-16-17(14-3-1-2-4-15(14)25-16)20(18(11)22)12-5-7-13(8-6-12)21(23)24;18-9-14-15(12-3-1-2-4-13(12)21-14)16-10-5-7-11(8-6-10)17(19)20;17-16(18)11-7-5-10(6-8-11)15-13-9-19-14-4-2-1-3-12(13)14;9-7-5-10-8-4-2-1-3-6(7)8;7-5-1-3-6(4-2-5)8(9)10;1-2-8-5(7)3-4-6;3-1-2-4;1-5(2,3)4/h3-11,22H,2H2,1H3;1-9H;1-9,16H;1-9,15H;1-4H,5H2;1-4H,7H2;2-3H2,1H3;3-4H,1-2H2;/b13-11-;;;;;;;;. The van der Waals surface area contributed by atoms with E-state index >= 15 is 0 Å². The molecule has 0 aliphatic carbocycles. The highest BCUT2D eigenvalue weighted by atomic mass is 36.0. The van der Waals surface area contributed by atoms with E-state index in [1.54, 1.807) is 99.0 Å². The van der Waals surface area contributed by atoms with Gasteiger partial charge in [0.1, 0.15) is 69.6 Å². The molecular formula is C88H69Cl3N13O25P. The van der Waals surface area contributed by atoms with Crippen molar-refractivity contribution in [3.8, 4) is 29.6 Å². The van der Waals surface area contributed by atoms with Gasteiger partial charge in [-0.2, -0.15) is 15.8 Å². The number of aldehydes is 1. The van der Waals surface area contributed by atoms with Gasteiger partial charge < -0.3 is 63.8 Å². The number of aliphatic hydroxyl groups is 2. The third-order valence-corrected chi connectivity index (χ3v) is 17.0. The van der Waals surface area contributed by atoms with Gasteiger partial charge in [-0.25, -0.2) is 4.79 Å². The van der Waals surface area contributed by atoms with Crippen molar-refractivity contribution in [2.24, 2.45) is 0 Å². The van der Waals surface area contributed by atoms with E-state index in [9.17, 15) is 89.6 Å². The minimum Gasteiger partial charge on any atom is -0.485 e. The fourth-order valence-electron chi connectivity index (χ4n) is 11.3. The molecule has 0 amide bonds. The average molecular weight is 1850 g/mol. The summed E-state index contributed by atoms with van der Waals surface area (Å²) in [5, 5.41) is 104. The molecule has 0 radical (unpaired) electrons. The Hall–Kier alpha value is -16.9. The highest BCUT2D eigenvalue weighted by molar-refractivity contribution is 8.24. The van der Waals surface area contributed by atoms with Gasteiger partial charge in [0, 0.05) is 123 Å². The summed E-state index contributed by atoms with van der Waals surface area (Å²) < 4.78 is 47.6. The number of para-hydroxylation sites is 5. The van der Waals surface area contributed by atoms with E-state index in [-0.39, 0.29) is 89.7 Å². The number of anilines is 7. The Kier molecular flexibility index (Phi) is 36.7. The molecule has 0 bridgehead atoms. The molecule has 0 saturated carbocycles. The van der Waals surface area contributed by atoms with Crippen molar-refractivity contribution >= 4 is 192 Å². The van der Waals surface area contributed by atoms with Crippen LogP contribution in [0.2, 0.25) is 0 Å². The van der Waals surface area contributed by atoms with E-state index in [4.69, 9.17) is 48.4 Å². The summed E-state index contributed by atoms with van der Waals surface area (Å²) in [5.74, 6) is 0.0588. The van der Waals surface area contributed by atoms with Crippen molar-refractivity contribution in [2.75, 3.05) is 54.7 Å². The Bertz CT molecular complexity index is 6850. The number of furan rings is 4. The molecule has 42 heteroatoms. The van der Waals surface area contributed by atoms with Gasteiger partial charge in [0.05, 0.1) is 79.7 Å². The van der Waals surface area contributed by atoms with Gasteiger partial charge in [-0.1, -0.05) is 60.7 Å². The van der Waals surface area contributed by atoms with Crippen LogP contribution in [0.4, 0.5) is 68.2 Å². The Labute approximate surface area is 747 Å². The first-order valence-corrected chi connectivity index (χ1v) is 42.0. The molecule has 0 atom stereocenters. The Morgan fingerprint density at radius 2 is 0.946 bits per heavy atom. The number of pyridine rings is 1. The van der Waals surface area contributed by atoms with Crippen LogP contribution in [0.5, 0.6) is 5.75 Å². The van der Waals surface area contributed by atoms with Crippen molar-refractivity contribution < 1.29 is 90.5 Å². The van der Waals surface area contributed by atoms with E-state index in [0.29, 0.717) is 86.2 Å². The van der Waals surface area contributed by atoms with Crippen LogP contribution in [0.3, 0.4) is 0 Å². The summed E-state index contributed by atoms with van der Waals surface area (Å²) in [4.78, 5) is 108. The van der Waals surface area contributed by atoms with Crippen LogP contribution in [0.1, 0.15) is 52.5 Å². The van der Waals surface area contributed by atoms with Crippen LogP contribution in [0.25, 0.3) is 66.7 Å². The molecular weight excluding hydrogens is 1780 g/mol. The summed E-state index contributed by atoms with van der Waals surface area (Å²) in [6.45, 7) is 3.80. The first kappa shape index (κ1) is 98.5. The van der Waals surface area contributed by atoms with Crippen molar-refractivity contribution in [3.63, 3.8) is 0 Å². The number of carbonyl (C=O) groups is 4. The van der Waals surface area contributed by atoms with Gasteiger partial charge in [-0.3, -0.25) is 78.9 Å². The number of halogens is 3. The summed E-state index contributed by atoms with van der Waals surface area (Å²) >= 11 is 13.8. The lowest BCUT2D eigenvalue weighted by Crippen LogP contribution is -2.21. The Balaban J connectivity index is 0.000000190. The quantitative estimate of drug-likeness (QED) is 0.00640. The highest BCUT2D eigenvalue weighted by Gasteiger charge is 2.23. The monoisotopic (exact) mass is 1840 g/mol. The number of esters is 2. The zero-order valence-electron chi connectivity index (χ0n) is 67.6. The normalized spacial score (nSPS) is 10.7. The zero-order chi connectivity index (χ0) is 94.6. The molecule has 0 saturated heterocycles. The van der Waals surface area contributed by atoms with Gasteiger partial charge >= 0.3 is 17.1 Å². The van der Waals surface area contributed by atoms with E-state index in [1.807, 2.05) is 97.1 Å². The Morgan fingerprint density at radius 3 is 1.38 bits per heavy atom. The van der Waals surface area contributed by atoms with Crippen LogP contribution in [-0.4, -0.2) is 96.4 Å². The lowest BCUT2D eigenvalue weighted by Gasteiger charge is -2.08. The van der Waals surface area contributed by atoms with Crippen LogP contribution >= 0.6 is 38.9 Å². The fraction of sp³-hybridized carbons (Fsp3) is 0.0909. The van der Waals surface area contributed by atoms with Crippen LogP contribution in [0.15, 0.2) is 283 Å². The Morgan fingerprint density at radius 1 is 0.538 bits per heavy atom.